The minimum Gasteiger partial charge on any atom is -0.334 e. The van der Waals surface area contributed by atoms with Gasteiger partial charge in [-0.05, 0) is 73.0 Å². The Morgan fingerprint density at radius 1 is 0.894 bits per heavy atom. The zero-order valence-corrected chi connectivity index (χ0v) is 26.9. The lowest BCUT2D eigenvalue weighted by Crippen LogP contribution is -2.48. The van der Waals surface area contributed by atoms with Crippen molar-refractivity contribution in [3.05, 3.63) is 108 Å². The van der Waals surface area contributed by atoms with Crippen LogP contribution >= 0.6 is 0 Å². The lowest BCUT2D eigenvalue weighted by molar-refractivity contribution is -0.137. The predicted molar refractivity (Wildman–Crippen MR) is 176 cm³/mol. The number of urea groups is 1. The van der Waals surface area contributed by atoms with Gasteiger partial charge in [-0.2, -0.15) is 13.2 Å². The van der Waals surface area contributed by atoms with E-state index >= 15 is 0 Å². The molecule has 47 heavy (non-hydrogen) atoms. The number of sulfonamides is 1. The quantitative estimate of drug-likeness (QED) is 0.181. The third kappa shape index (κ3) is 8.88. The summed E-state index contributed by atoms with van der Waals surface area (Å²) >= 11 is 0. The number of carbonyl (C=O) groups is 1. The highest BCUT2D eigenvalue weighted by Gasteiger charge is 2.33. The van der Waals surface area contributed by atoms with Crippen LogP contribution < -0.4 is 15.4 Å². The van der Waals surface area contributed by atoms with E-state index < -0.39 is 32.7 Å². The fraction of sp³-hybridized carbons (Fsp3) is 0.294. The van der Waals surface area contributed by atoms with Crippen molar-refractivity contribution in [1.29, 1.82) is 0 Å². The van der Waals surface area contributed by atoms with E-state index in [1.807, 2.05) is 18.2 Å². The van der Waals surface area contributed by atoms with Crippen LogP contribution in [0.15, 0.2) is 96.2 Å². The third-order valence-electron chi connectivity index (χ3n) is 8.01. The van der Waals surface area contributed by atoms with Gasteiger partial charge in [0, 0.05) is 74.6 Å². The van der Waals surface area contributed by atoms with Crippen molar-refractivity contribution in [3.8, 4) is 11.1 Å². The van der Waals surface area contributed by atoms with Crippen LogP contribution in [0.4, 0.5) is 29.3 Å². The van der Waals surface area contributed by atoms with E-state index in [1.54, 1.807) is 30.6 Å². The molecule has 0 spiro atoms. The second-order valence-electron chi connectivity index (χ2n) is 11.6. The first-order chi connectivity index (χ1) is 22.4. The third-order valence-corrected chi connectivity index (χ3v) is 9.43. The van der Waals surface area contributed by atoms with Crippen molar-refractivity contribution in [3.63, 3.8) is 0 Å². The number of piperazine rings is 1. The van der Waals surface area contributed by atoms with Crippen molar-refractivity contribution >= 4 is 27.4 Å². The largest absolute Gasteiger partial charge is 0.416 e. The van der Waals surface area contributed by atoms with Crippen molar-refractivity contribution in [2.24, 2.45) is 0 Å². The van der Waals surface area contributed by atoms with Crippen LogP contribution in [-0.2, 0) is 29.3 Å². The van der Waals surface area contributed by atoms with Crippen LogP contribution in [0.5, 0.6) is 0 Å². The maximum atomic E-state index is 13.8. The monoisotopic (exact) mass is 666 g/mol. The minimum absolute atomic E-state index is 0.117. The van der Waals surface area contributed by atoms with Crippen molar-refractivity contribution in [2.45, 2.75) is 44.1 Å². The molecule has 2 amide bonds. The molecular formula is C34H37F3N6O3S. The fourth-order valence-corrected chi connectivity index (χ4v) is 6.74. The van der Waals surface area contributed by atoms with Crippen LogP contribution in [0.3, 0.4) is 0 Å². The Labute approximate surface area is 272 Å². The van der Waals surface area contributed by atoms with Gasteiger partial charge in [0.25, 0.3) is 10.0 Å². The number of hydrogen-bond donors (Lipinski definition) is 3. The van der Waals surface area contributed by atoms with E-state index in [0.29, 0.717) is 29.9 Å². The molecule has 0 bridgehead atoms. The summed E-state index contributed by atoms with van der Waals surface area (Å²) in [4.78, 5) is 20.5. The lowest BCUT2D eigenvalue weighted by atomic mass is 9.97. The van der Waals surface area contributed by atoms with E-state index in [4.69, 9.17) is 0 Å². The second kappa shape index (κ2) is 14.5. The Kier molecular flexibility index (Phi) is 10.5. The Hall–Kier alpha value is -4.46. The van der Waals surface area contributed by atoms with E-state index in [1.165, 1.54) is 30.3 Å². The molecule has 2 heterocycles. The van der Waals surface area contributed by atoms with Gasteiger partial charge in [0.2, 0.25) is 0 Å². The zero-order valence-electron chi connectivity index (χ0n) is 26.1. The van der Waals surface area contributed by atoms with Gasteiger partial charge in [-0.15, -0.1) is 0 Å². The van der Waals surface area contributed by atoms with Crippen molar-refractivity contribution in [2.75, 3.05) is 36.2 Å². The first-order valence-electron chi connectivity index (χ1n) is 15.2. The highest BCUT2D eigenvalue weighted by molar-refractivity contribution is 7.92. The fourth-order valence-electron chi connectivity index (χ4n) is 5.44. The van der Waals surface area contributed by atoms with Crippen LogP contribution in [0.1, 0.15) is 30.5 Å². The Morgan fingerprint density at radius 2 is 1.60 bits per heavy atom. The summed E-state index contributed by atoms with van der Waals surface area (Å²) in [7, 11) is -4.49. The molecule has 3 N–H and O–H groups in total. The van der Waals surface area contributed by atoms with Gasteiger partial charge >= 0.3 is 12.2 Å². The zero-order chi connectivity index (χ0) is 33.6. The van der Waals surface area contributed by atoms with Gasteiger partial charge < -0.3 is 10.6 Å². The van der Waals surface area contributed by atoms with Gasteiger partial charge in [0.15, 0.2) is 0 Å². The molecule has 1 fully saturated rings. The number of nitrogens with zero attached hydrogens (tertiary/aromatic N) is 3. The van der Waals surface area contributed by atoms with Crippen LogP contribution in [-0.4, -0.2) is 61.5 Å². The summed E-state index contributed by atoms with van der Waals surface area (Å²) < 4.78 is 71.5. The molecule has 1 saturated heterocycles. The maximum Gasteiger partial charge on any atom is 0.416 e. The molecule has 9 nitrogen and oxygen atoms in total. The molecule has 0 saturated carbocycles. The molecule has 1 aromatic heterocycles. The molecular weight excluding hydrogens is 629 g/mol. The summed E-state index contributed by atoms with van der Waals surface area (Å²) in [6.45, 7) is 8.53. The molecule has 5 rings (SSSR count). The predicted octanol–water partition coefficient (Wildman–Crippen LogP) is 6.42. The molecule has 248 valence electrons. The molecule has 0 aliphatic carbocycles. The summed E-state index contributed by atoms with van der Waals surface area (Å²) in [5, 5.41) is 5.36. The average molecular weight is 667 g/mol. The minimum atomic E-state index is -4.75. The Balaban J connectivity index is 1.36. The maximum absolute atomic E-state index is 13.8. The number of carbonyl (C=O) groups excluding carboxylic acids is 1. The van der Waals surface area contributed by atoms with Crippen LogP contribution in [0, 0.1) is 0 Å². The number of anilines is 2. The number of benzene rings is 3. The average Bonchev–Trinajstić information content (AvgIpc) is 3.05. The molecule has 1 aliphatic rings. The molecule has 4 aromatic rings. The molecule has 3 aromatic carbocycles. The summed E-state index contributed by atoms with van der Waals surface area (Å²) in [5.74, 6) is 0. The lowest BCUT2D eigenvalue weighted by Gasteiger charge is -2.37. The molecule has 0 radical (unpaired) electrons. The molecule has 13 heteroatoms. The topological polar surface area (TPSA) is 107 Å². The SMILES string of the molecule is CC(C)N1CCN(Cc2ccccc2-c2ccc(C(F)(F)F)cc2S(=O)(=O)Nc2ccc(NC(=O)NCc3cccnc3)cc2)CC1. The Morgan fingerprint density at radius 3 is 2.26 bits per heavy atom. The summed E-state index contributed by atoms with van der Waals surface area (Å²) in [6, 6.07) is 19.4. The van der Waals surface area contributed by atoms with E-state index in [2.05, 4.69) is 44.0 Å². The number of aromatic nitrogens is 1. The standard InChI is InChI=1S/C34H37F3N6O3S/c1-24(2)43-18-16-42(17-19-43)23-26-7-3-4-8-30(26)31-14-9-27(34(35,36)37)20-32(31)47(45,46)41-29-12-10-28(11-13-29)40-33(44)39-22-25-6-5-15-38-21-25/h3-15,20-21,24,41H,16-19,22-23H2,1-2H3,(H2,39,40,44). The van der Waals surface area contributed by atoms with Crippen LogP contribution in [0.25, 0.3) is 11.1 Å². The number of rotatable bonds is 10. The van der Waals surface area contributed by atoms with Gasteiger partial charge in [-0.1, -0.05) is 36.4 Å². The van der Waals surface area contributed by atoms with Crippen molar-refractivity contribution < 1.29 is 26.4 Å². The van der Waals surface area contributed by atoms with Gasteiger partial charge in [0.1, 0.15) is 0 Å². The van der Waals surface area contributed by atoms with Gasteiger partial charge in [-0.3, -0.25) is 19.5 Å². The highest BCUT2D eigenvalue weighted by Crippen LogP contribution is 2.37. The number of amides is 2. The normalized spacial score (nSPS) is 14.6. The first-order valence-corrected chi connectivity index (χ1v) is 16.7. The molecule has 1 aliphatic heterocycles. The first kappa shape index (κ1) is 33.9. The molecule has 0 atom stereocenters. The van der Waals surface area contributed by atoms with Gasteiger partial charge in [0.05, 0.1) is 10.5 Å². The van der Waals surface area contributed by atoms with Crippen molar-refractivity contribution in [1.82, 2.24) is 20.1 Å². The number of hydrogen-bond acceptors (Lipinski definition) is 6. The van der Waals surface area contributed by atoms with E-state index in [0.717, 1.165) is 43.4 Å². The Bertz CT molecular complexity index is 1780. The smallest absolute Gasteiger partial charge is 0.334 e. The number of pyridine rings is 1. The van der Waals surface area contributed by atoms with Gasteiger partial charge in [-0.25, -0.2) is 13.2 Å². The van der Waals surface area contributed by atoms with E-state index in [9.17, 15) is 26.4 Å². The number of nitrogens with one attached hydrogen (secondary N) is 3. The van der Waals surface area contributed by atoms with E-state index in [-0.39, 0.29) is 17.8 Å². The summed E-state index contributed by atoms with van der Waals surface area (Å²) in [6.07, 6.45) is -1.49. The molecule has 0 unspecified atom stereocenters. The number of alkyl halides is 3. The highest BCUT2D eigenvalue weighted by atomic mass is 32.2. The van der Waals surface area contributed by atoms with Crippen LogP contribution in [0.2, 0.25) is 0 Å². The summed E-state index contributed by atoms with van der Waals surface area (Å²) in [5.41, 5.74) is 1.79. The second-order valence-corrected chi connectivity index (χ2v) is 13.3. The number of halogens is 3.